The summed E-state index contributed by atoms with van der Waals surface area (Å²) in [4.78, 5) is 14.6. The standard InChI is InChI=1S/C19H27FN2O2/c1-22-8-2-3-15(11-22)10-21-19(23)16-6-7-18(20)17(9-16)13-24-12-14-4-5-14/h6-7,9,14-15H,2-5,8,10-13H2,1H3,(H,21,23). The van der Waals surface area contributed by atoms with E-state index in [2.05, 4.69) is 17.3 Å². The van der Waals surface area contributed by atoms with Gasteiger partial charge in [-0.1, -0.05) is 0 Å². The van der Waals surface area contributed by atoms with Gasteiger partial charge in [-0.3, -0.25) is 4.79 Å². The molecule has 0 radical (unpaired) electrons. The zero-order chi connectivity index (χ0) is 16.9. The molecular weight excluding hydrogens is 307 g/mol. The first-order valence-corrected chi connectivity index (χ1v) is 8.94. The number of hydrogen-bond donors (Lipinski definition) is 1. The largest absolute Gasteiger partial charge is 0.376 e. The van der Waals surface area contributed by atoms with Crippen LogP contribution in [0.15, 0.2) is 18.2 Å². The molecule has 1 saturated heterocycles. The van der Waals surface area contributed by atoms with Crippen LogP contribution in [-0.2, 0) is 11.3 Å². The van der Waals surface area contributed by atoms with Crippen LogP contribution in [0.1, 0.15) is 41.6 Å². The first-order valence-electron chi connectivity index (χ1n) is 8.94. The molecule has 1 atom stereocenters. The lowest BCUT2D eigenvalue weighted by atomic mass is 9.98. The second-order valence-corrected chi connectivity index (χ2v) is 7.25. The van der Waals surface area contributed by atoms with Crippen LogP contribution in [0.3, 0.4) is 0 Å². The number of ether oxygens (including phenoxy) is 1. The summed E-state index contributed by atoms with van der Waals surface area (Å²) in [6.45, 7) is 3.74. The molecule has 132 valence electrons. The van der Waals surface area contributed by atoms with E-state index >= 15 is 0 Å². The van der Waals surface area contributed by atoms with Crippen LogP contribution in [0.2, 0.25) is 0 Å². The molecule has 1 aromatic rings. The summed E-state index contributed by atoms with van der Waals surface area (Å²) in [5, 5.41) is 2.99. The number of amides is 1. The Morgan fingerprint density at radius 2 is 2.17 bits per heavy atom. The van der Waals surface area contributed by atoms with Gasteiger partial charge in [0, 0.05) is 30.8 Å². The van der Waals surface area contributed by atoms with E-state index in [0.717, 1.165) is 19.5 Å². The summed E-state index contributed by atoms with van der Waals surface area (Å²) in [5.74, 6) is 0.700. The van der Waals surface area contributed by atoms with Crippen LogP contribution in [0, 0.1) is 17.7 Å². The molecule has 3 rings (SSSR count). The predicted octanol–water partition coefficient (Wildman–Crippen LogP) is 2.82. The fraction of sp³-hybridized carbons (Fsp3) is 0.632. The Hall–Kier alpha value is -1.46. The van der Waals surface area contributed by atoms with Gasteiger partial charge in [-0.2, -0.15) is 0 Å². The Kier molecular flexibility index (Phi) is 5.85. The molecule has 1 amide bonds. The van der Waals surface area contributed by atoms with Crippen molar-refractivity contribution in [3.63, 3.8) is 0 Å². The van der Waals surface area contributed by atoms with Crippen LogP contribution in [0.5, 0.6) is 0 Å². The Morgan fingerprint density at radius 1 is 1.33 bits per heavy atom. The molecule has 0 aromatic heterocycles. The highest BCUT2D eigenvalue weighted by atomic mass is 19.1. The van der Waals surface area contributed by atoms with Crippen molar-refractivity contribution >= 4 is 5.91 Å². The van der Waals surface area contributed by atoms with E-state index in [-0.39, 0.29) is 18.3 Å². The number of halogens is 1. The van der Waals surface area contributed by atoms with Crippen molar-refractivity contribution in [2.45, 2.75) is 32.3 Å². The second kappa shape index (κ2) is 8.08. The normalized spacial score (nSPS) is 21.7. The molecule has 2 fully saturated rings. The topological polar surface area (TPSA) is 41.6 Å². The number of benzene rings is 1. The summed E-state index contributed by atoms with van der Waals surface area (Å²) >= 11 is 0. The van der Waals surface area contributed by atoms with E-state index in [1.165, 1.54) is 25.3 Å². The van der Waals surface area contributed by atoms with E-state index in [1.54, 1.807) is 12.1 Å². The molecule has 4 nitrogen and oxygen atoms in total. The Morgan fingerprint density at radius 3 is 2.92 bits per heavy atom. The van der Waals surface area contributed by atoms with Crippen LogP contribution < -0.4 is 5.32 Å². The van der Waals surface area contributed by atoms with Gasteiger partial charge in [-0.15, -0.1) is 0 Å². The van der Waals surface area contributed by atoms with E-state index < -0.39 is 0 Å². The fourth-order valence-electron chi connectivity index (χ4n) is 3.23. The van der Waals surface area contributed by atoms with Crippen LogP contribution >= 0.6 is 0 Å². The summed E-state index contributed by atoms with van der Waals surface area (Å²) < 4.78 is 19.4. The smallest absolute Gasteiger partial charge is 0.251 e. The van der Waals surface area contributed by atoms with Gasteiger partial charge in [0.1, 0.15) is 5.82 Å². The van der Waals surface area contributed by atoms with Crippen molar-refractivity contribution in [1.82, 2.24) is 10.2 Å². The summed E-state index contributed by atoms with van der Waals surface area (Å²) in [6, 6.07) is 4.52. The molecule has 2 aliphatic rings. The molecule has 1 aromatic carbocycles. The maximum absolute atomic E-state index is 13.9. The number of piperidine rings is 1. The first-order chi connectivity index (χ1) is 11.6. The lowest BCUT2D eigenvalue weighted by molar-refractivity contribution is 0.0935. The van der Waals surface area contributed by atoms with Gasteiger partial charge in [0.2, 0.25) is 0 Å². The number of carbonyl (C=O) groups excluding carboxylic acids is 1. The number of nitrogens with zero attached hydrogens (tertiary/aromatic N) is 1. The monoisotopic (exact) mass is 334 g/mol. The van der Waals surface area contributed by atoms with Gasteiger partial charge in [0.15, 0.2) is 0 Å². The molecular formula is C19H27FN2O2. The van der Waals surface area contributed by atoms with Crippen LogP contribution in [0.4, 0.5) is 4.39 Å². The predicted molar refractivity (Wildman–Crippen MR) is 91.3 cm³/mol. The molecule has 1 heterocycles. The highest BCUT2D eigenvalue weighted by Crippen LogP contribution is 2.29. The second-order valence-electron chi connectivity index (χ2n) is 7.25. The SMILES string of the molecule is CN1CCCC(CNC(=O)c2ccc(F)c(COCC3CC3)c2)C1. The van der Waals surface area contributed by atoms with Gasteiger partial charge < -0.3 is 15.0 Å². The van der Waals surface area contributed by atoms with Gasteiger partial charge in [-0.25, -0.2) is 4.39 Å². The maximum Gasteiger partial charge on any atom is 0.251 e. The minimum absolute atomic E-state index is 0.133. The average Bonchev–Trinajstić information content (AvgIpc) is 3.39. The third-order valence-corrected chi connectivity index (χ3v) is 4.89. The van der Waals surface area contributed by atoms with E-state index in [1.807, 2.05) is 0 Å². The van der Waals surface area contributed by atoms with Crippen molar-refractivity contribution in [3.05, 3.63) is 35.1 Å². The molecule has 0 bridgehead atoms. The van der Waals surface area contributed by atoms with E-state index in [4.69, 9.17) is 4.74 Å². The van der Waals surface area contributed by atoms with Crippen molar-refractivity contribution in [1.29, 1.82) is 0 Å². The van der Waals surface area contributed by atoms with Crippen molar-refractivity contribution in [3.8, 4) is 0 Å². The third kappa shape index (κ3) is 5.02. The Bertz CT molecular complexity index is 574. The zero-order valence-corrected chi connectivity index (χ0v) is 14.4. The van der Waals surface area contributed by atoms with Crippen LogP contribution in [-0.4, -0.2) is 44.1 Å². The molecule has 1 unspecified atom stereocenters. The number of carbonyl (C=O) groups is 1. The molecule has 0 spiro atoms. The quantitative estimate of drug-likeness (QED) is 0.834. The molecule has 1 aliphatic carbocycles. The zero-order valence-electron chi connectivity index (χ0n) is 14.4. The highest BCUT2D eigenvalue weighted by Gasteiger charge is 2.21. The summed E-state index contributed by atoms with van der Waals surface area (Å²) in [5.41, 5.74) is 0.964. The maximum atomic E-state index is 13.9. The third-order valence-electron chi connectivity index (χ3n) is 4.89. The highest BCUT2D eigenvalue weighted by molar-refractivity contribution is 5.94. The summed E-state index contributed by atoms with van der Waals surface area (Å²) in [7, 11) is 2.11. The lowest BCUT2D eigenvalue weighted by Crippen LogP contribution is -2.39. The van der Waals surface area contributed by atoms with Gasteiger partial charge in [0.25, 0.3) is 5.91 Å². The molecule has 5 heteroatoms. The number of hydrogen-bond acceptors (Lipinski definition) is 3. The number of nitrogens with one attached hydrogen (secondary N) is 1. The molecule has 24 heavy (non-hydrogen) atoms. The van der Waals surface area contributed by atoms with Crippen molar-refractivity contribution in [2.75, 3.05) is 33.3 Å². The van der Waals surface area contributed by atoms with E-state index in [9.17, 15) is 9.18 Å². The Balaban J connectivity index is 1.51. The lowest BCUT2D eigenvalue weighted by Gasteiger charge is -2.29. The van der Waals surface area contributed by atoms with E-state index in [0.29, 0.717) is 36.1 Å². The number of rotatable bonds is 7. The minimum atomic E-state index is -0.309. The summed E-state index contributed by atoms with van der Waals surface area (Å²) in [6.07, 6.45) is 4.74. The molecule has 1 saturated carbocycles. The first kappa shape index (κ1) is 17.4. The Labute approximate surface area is 143 Å². The van der Waals surface area contributed by atoms with Gasteiger partial charge in [0.05, 0.1) is 6.61 Å². The van der Waals surface area contributed by atoms with Gasteiger partial charge >= 0.3 is 0 Å². The van der Waals surface area contributed by atoms with Crippen molar-refractivity contribution < 1.29 is 13.9 Å². The van der Waals surface area contributed by atoms with Crippen LogP contribution in [0.25, 0.3) is 0 Å². The minimum Gasteiger partial charge on any atom is -0.376 e. The molecule has 1 N–H and O–H groups in total. The number of likely N-dealkylation sites (tertiary alicyclic amines) is 1. The van der Waals surface area contributed by atoms with Gasteiger partial charge in [-0.05, 0) is 69.3 Å². The molecule has 1 aliphatic heterocycles. The average molecular weight is 334 g/mol. The van der Waals surface area contributed by atoms with Crippen molar-refractivity contribution in [2.24, 2.45) is 11.8 Å². The fourth-order valence-corrected chi connectivity index (χ4v) is 3.23.